The summed E-state index contributed by atoms with van der Waals surface area (Å²) in [5.41, 5.74) is 3.95. The second-order valence-electron chi connectivity index (χ2n) is 6.18. The molecule has 136 valence electrons. The molecule has 0 fully saturated rings. The van der Waals surface area contributed by atoms with E-state index in [2.05, 4.69) is 20.6 Å². The molecular formula is C20H18N4O3. The molecule has 2 aromatic carbocycles. The van der Waals surface area contributed by atoms with Gasteiger partial charge in [-0.05, 0) is 43.2 Å². The van der Waals surface area contributed by atoms with Crippen LogP contribution >= 0.6 is 0 Å². The van der Waals surface area contributed by atoms with Crippen molar-refractivity contribution >= 4 is 23.1 Å². The Bertz CT molecular complexity index is 1020. The molecule has 0 aliphatic carbocycles. The Morgan fingerprint density at radius 2 is 1.89 bits per heavy atom. The van der Waals surface area contributed by atoms with E-state index in [0.29, 0.717) is 17.3 Å². The Balaban J connectivity index is 1.52. The Kier molecular flexibility index (Phi) is 4.33. The zero-order valence-corrected chi connectivity index (χ0v) is 14.9. The average Bonchev–Trinajstić information content (AvgIpc) is 3.13. The normalized spacial score (nSPS) is 11.9. The minimum absolute atomic E-state index is 0.217. The predicted octanol–water partition coefficient (Wildman–Crippen LogP) is 3.82. The molecular weight excluding hydrogens is 344 g/mol. The van der Waals surface area contributed by atoms with Gasteiger partial charge in [0.25, 0.3) is 5.91 Å². The van der Waals surface area contributed by atoms with Crippen LogP contribution in [0.3, 0.4) is 0 Å². The van der Waals surface area contributed by atoms with Gasteiger partial charge in [-0.3, -0.25) is 4.79 Å². The third kappa shape index (κ3) is 3.52. The molecule has 2 heterocycles. The van der Waals surface area contributed by atoms with Crippen LogP contribution in [0, 0.1) is 13.8 Å². The number of anilines is 3. The SMILES string of the molecule is Cc1cccc(NC(=O)c2cc(Nc3ccc4c(c3)OCO4)ncn2)c1C. The lowest BCUT2D eigenvalue weighted by Gasteiger charge is -2.11. The molecule has 0 atom stereocenters. The van der Waals surface area contributed by atoms with Crippen LogP contribution < -0.4 is 20.1 Å². The van der Waals surface area contributed by atoms with Gasteiger partial charge in [-0.2, -0.15) is 0 Å². The molecule has 7 heteroatoms. The van der Waals surface area contributed by atoms with E-state index in [0.717, 1.165) is 22.5 Å². The number of nitrogens with one attached hydrogen (secondary N) is 2. The molecule has 27 heavy (non-hydrogen) atoms. The fourth-order valence-corrected chi connectivity index (χ4v) is 2.74. The quantitative estimate of drug-likeness (QED) is 0.734. The third-order valence-electron chi connectivity index (χ3n) is 4.40. The monoisotopic (exact) mass is 362 g/mol. The van der Waals surface area contributed by atoms with Crippen molar-refractivity contribution in [2.24, 2.45) is 0 Å². The highest BCUT2D eigenvalue weighted by Crippen LogP contribution is 2.34. The molecule has 0 unspecified atom stereocenters. The van der Waals surface area contributed by atoms with Crippen LogP contribution in [-0.2, 0) is 0 Å². The number of aromatic nitrogens is 2. The van der Waals surface area contributed by atoms with Crippen LogP contribution in [0.4, 0.5) is 17.2 Å². The van der Waals surface area contributed by atoms with Gasteiger partial charge in [-0.15, -0.1) is 0 Å². The van der Waals surface area contributed by atoms with Crippen LogP contribution in [0.5, 0.6) is 11.5 Å². The van der Waals surface area contributed by atoms with Gasteiger partial charge in [-0.25, -0.2) is 9.97 Å². The summed E-state index contributed by atoms with van der Waals surface area (Å²) in [5, 5.41) is 6.05. The van der Waals surface area contributed by atoms with Crippen molar-refractivity contribution in [3.63, 3.8) is 0 Å². The van der Waals surface area contributed by atoms with E-state index < -0.39 is 0 Å². The van der Waals surface area contributed by atoms with Crippen LogP contribution in [0.25, 0.3) is 0 Å². The summed E-state index contributed by atoms with van der Waals surface area (Å²) in [6, 6.07) is 12.9. The smallest absolute Gasteiger partial charge is 0.274 e. The predicted molar refractivity (Wildman–Crippen MR) is 102 cm³/mol. The van der Waals surface area contributed by atoms with Gasteiger partial charge in [0.1, 0.15) is 17.8 Å². The van der Waals surface area contributed by atoms with Gasteiger partial charge in [0, 0.05) is 23.5 Å². The first-order valence-electron chi connectivity index (χ1n) is 8.46. The van der Waals surface area contributed by atoms with Gasteiger partial charge in [0.05, 0.1) is 0 Å². The zero-order chi connectivity index (χ0) is 18.8. The van der Waals surface area contributed by atoms with Crippen molar-refractivity contribution in [3.8, 4) is 11.5 Å². The summed E-state index contributed by atoms with van der Waals surface area (Å²) in [5.74, 6) is 1.59. The van der Waals surface area contributed by atoms with Crippen LogP contribution in [0.15, 0.2) is 48.8 Å². The first kappa shape index (κ1) is 16.8. The highest BCUT2D eigenvalue weighted by Gasteiger charge is 2.14. The maximum atomic E-state index is 12.6. The second kappa shape index (κ2) is 6.95. The molecule has 0 saturated carbocycles. The summed E-state index contributed by atoms with van der Waals surface area (Å²) in [6.07, 6.45) is 1.35. The summed E-state index contributed by atoms with van der Waals surface area (Å²) in [4.78, 5) is 20.8. The highest BCUT2D eigenvalue weighted by atomic mass is 16.7. The maximum absolute atomic E-state index is 12.6. The molecule has 7 nitrogen and oxygen atoms in total. The summed E-state index contributed by atoms with van der Waals surface area (Å²) in [7, 11) is 0. The van der Waals surface area contributed by atoms with Gasteiger partial charge >= 0.3 is 0 Å². The van der Waals surface area contributed by atoms with Gasteiger partial charge in [0.2, 0.25) is 6.79 Å². The minimum atomic E-state index is -0.292. The van der Waals surface area contributed by atoms with E-state index in [1.165, 1.54) is 6.33 Å². The second-order valence-corrected chi connectivity index (χ2v) is 6.18. The number of carbonyl (C=O) groups excluding carboxylic acids is 1. The number of amides is 1. The molecule has 1 aliphatic heterocycles. The summed E-state index contributed by atoms with van der Waals surface area (Å²) in [6.45, 7) is 4.19. The molecule has 1 aliphatic rings. The molecule has 0 spiro atoms. The van der Waals surface area contributed by atoms with E-state index in [-0.39, 0.29) is 18.4 Å². The standard InChI is InChI=1S/C20H18N4O3/c1-12-4-3-5-15(13(12)2)24-20(25)16-9-19(22-10-21-16)23-14-6-7-17-18(8-14)27-11-26-17/h3-10H,11H2,1-2H3,(H,24,25)(H,21,22,23). The summed E-state index contributed by atoms with van der Waals surface area (Å²) < 4.78 is 10.7. The number of carbonyl (C=O) groups is 1. The topological polar surface area (TPSA) is 85.4 Å². The number of hydrogen-bond acceptors (Lipinski definition) is 6. The Morgan fingerprint density at radius 3 is 2.78 bits per heavy atom. The van der Waals surface area contributed by atoms with E-state index in [1.807, 2.05) is 50.2 Å². The molecule has 1 aromatic heterocycles. The van der Waals surface area contributed by atoms with Crippen molar-refractivity contribution in [2.45, 2.75) is 13.8 Å². The number of ether oxygens (including phenoxy) is 2. The van der Waals surface area contributed by atoms with Crippen molar-refractivity contribution in [2.75, 3.05) is 17.4 Å². The molecule has 0 saturated heterocycles. The van der Waals surface area contributed by atoms with Crippen molar-refractivity contribution in [3.05, 3.63) is 65.6 Å². The molecule has 4 rings (SSSR count). The lowest BCUT2D eigenvalue weighted by atomic mass is 10.1. The molecule has 3 aromatic rings. The third-order valence-corrected chi connectivity index (χ3v) is 4.40. The number of fused-ring (bicyclic) bond motifs is 1. The maximum Gasteiger partial charge on any atom is 0.274 e. The van der Waals surface area contributed by atoms with E-state index in [1.54, 1.807) is 6.07 Å². The Hall–Kier alpha value is -3.61. The molecule has 1 amide bonds. The van der Waals surface area contributed by atoms with Gasteiger partial charge < -0.3 is 20.1 Å². The minimum Gasteiger partial charge on any atom is -0.454 e. The molecule has 0 bridgehead atoms. The Morgan fingerprint density at radius 1 is 1.04 bits per heavy atom. The van der Waals surface area contributed by atoms with E-state index >= 15 is 0 Å². The average molecular weight is 362 g/mol. The first-order valence-corrected chi connectivity index (χ1v) is 8.46. The number of benzene rings is 2. The van der Waals surface area contributed by atoms with Crippen molar-refractivity contribution in [1.29, 1.82) is 0 Å². The lowest BCUT2D eigenvalue weighted by Crippen LogP contribution is -2.15. The zero-order valence-electron chi connectivity index (χ0n) is 14.9. The van der Waals surface area contributed by atoms with Crippen LogP contribution in [0.1, 0.15) is 21.6 Å². The van der Waals surface area contributed by atoms with E-state index in [9.17, 15) is 4.79 Å². The number of nitrogens with zero attached hydrogens (tertiary/aromatic N) is 2. The highest BCUT2D eigenvalue weighted by molar-refractivity contribution is 6.03. The number of hydrogen-bond donors (Lipinski definition) is 2. The van der Waals surface area contributed by atoms with Crippen molar-refractivity contribution < 1.29 is 14.3 Å². The fourth-order valence-electron chi connectivity index (χ4n) is 2.74. The first-order chi connectivity index (χ1) is 13.1. The van der Waals surface area contributed by atoms with Crippen LogP contribution in [-0.4, -0.2) is 22.7 Å². The van der Waals surface area contributed by atoms with Crippen LogP contribution in [0.2, 0.25) is 0 Å². The number of rotatable bonds is 4. The van der Waals surface area contributed by atoms with E-state index in [4.69, 9.17) is 9.47 Å². The van der Waals surface area contributed by atoms with Gasteiger partial charge in [-0.1, -0.05) is 12.1 Å². The number of aryl methyl sites for hydroxylation is 1. The van der Waals surface area contributed by atoms with Crippen molar-refractivity contribution in [1.82, 2.24) is 9.97 Å². The van der Waals surface area contributed by atoms with Gasteiger partial charge in [0.15, 0.2) is 11.5 Å². The Labute approximate surface area is 156 Å². The molecule has 0 radical (unpaired) electrons. The molecule has 2 N–H and O–H groups in total. The lowest BCUT2D eigenvalue weighted by molar-refractivity contribution is 0.102. The largest absolute Gasteiger partial charge is 0.454 e. The fraction of sp³-hybridized carbons (Fsp3) is 0.150. The summed E-state index contributed by atoms with van der Waals surface area (Å²) >= 11 is 0.